The average molecular weight is 303 g/mol. The average Bonchev–Trinajstić information content (AvgIpc) is 3.02. The molecule has 1 amide bonds. The summed E-state index contributed by atoms with van der Waals surface area (Å²) >= 11 is 0. The minimum atomic E-state index is -0.417. The van der Waals surface area contributed by atoms with Crippen molar-refractivity contribution >= 4 is 12.0 Å². The van der Waals surface area contributed by atoms with Gasteiger partial charge in [0.2, 0.25) is 5.95 Å². The Bertz CT molecular complexity index is 663. The number of hydrogen-bond donors (Lipinski definition) is 2. The van der Waals surface area contributed by atoms with Gasteiger partial charge in [0.25, 0.3) is 5.56 Å². The fourth-order valence-corrected chi connectivity index (χ4v) is 2.30. The van der Waals surface area contributed by atoms with Gasteiger partial charge in [-0.3, -0.25) is 19.7 Å². The van der Waals surface area contributed by atoms with Crippen LogP contribution in [0.2, 0.25) is 0 Å². The molecular formula is C15H21N5O2. The van der Waals surface area contributed by atoms with Crippen LogP contribution in [0.3, 0.4) is 0 Å². The zero-order valence-corrected chi connectivity index (χ0v) is 12.9. The van der Waals surface area contributed by atoms with Gasteiger partial charge in [0, 0.05) is 24.4 Å². The summed E-state index contributed by atoms with van der Waals surface area (Å²) in [4.78, 5) is 34.5. The first-order chi connectivity index (χ1) is 10.6. The van der Waals surface area contributed by atoms with Crippen LogP contribution in [0.15, 0.2) is 29.6 Å². The summed E-state index contributed by atoms with van der Waals surface area (Å²) in [6, 6.07) is 1.09. The molecule has 7 heteroatoms. The molecule has 0 saturated heterocycles. The second-order valence-electron chi connectivity index (χ2n) is 5.17. The molecule has 0 aliphatic rings. The van der Waals surface area contributed by atoms with E-state index in [1.165, 1.54) is 29.4 Å². The smallest absolute Gasteiger partial charge is 0.292 e. The Balaban J connectivity index is 2.19. The molecule has 2 heterocycles. The van der Waals surface area contributed by atoms with Crippen molar-refractivity contribution in [1.82, 2.24) is 19.5 Å². The van der Waals surface area contributed by atoms with Gasteiger partial charge in [0.05, 0.1) is 5.69 Å². The SMILES string of the molecule is CCCCC(CC)c1cc(=O)[nH]c(NC(=O)n2ccnc2)n1. The molecule has 2 aromatic heterocycles. The third-order valence-electron chi connectivity index (χ3n) is 3.54. The van der Waals surface area contributed by atoms with E-state index in [4.69, 9.17) is 0 Å². The molecular weight excluding hydrogens is 282 g/mol. The van der Waals surface area contributed by atoms with Crippen LogP contribution in [0.25, 0.3) is 0 Å². The van der Waals surface area contributed by atoms with Crippen molar-refractivity contribution < 1.29 is 4.79 Å². The molecule has 0 bridgehead atoms. The highest BCUT2D eigenvalue weighted by atomic mass is 16.2. The molecule has 1 unspecified atom stereocenters. The molecule has 118 valence electrons. The molecule has 22 heavy (non-hydrogen) atoms. The van der Waals surface area contributed by atoms with Crippen molar-refractivity contribution in [3.8, 4) is 0 Å². The number of aromatic nitrogens is 4. The number of carbonyl (C=O) groups is 1. The van der Waals surface area contributed by atoms with E-state index in [2.05, 4.69) is 34.1 Å². The van der Waals surface area contributed by atoms with Gasteiger partial charge in [-0.2, -0.15) is 0 Å². The van der Waals surface area contributed by atoms with Gasteiger partial charge < -0.3 is 0 Å². The van der Waals surface area contributed by atoms with Crippen LogP contribution in [0, 0.1) is 0 Å². The Labute approximate surface area is 128 Å². The van der Waals surface area contributed by atoms with E-state index in [0.717, 1.165) is 31.4 Å². The predicted molar refractivity (Wildman–Crippen MR) is 84.1 cm³/mol. The molecule has 0 radical (unpaired) electrons. The van der Waals surface area contributed by atoms with Crippen LogP contribution in [0.4, 0.5) is 10.7 Å². The van der Waals surface area contributed by atoms with Gasteiger partial charge in [-0.05, 0) is 12.8 Å². The number of H-pyrrole nitrogens is 1. The molecule has 2 rings (SSSR count). The third-order valence-corrected chi connectivity index (χ3v) is 3.54. The molecule has 0 aliphatic heterocycles. The maximum atomic E-state index is 12.0. The first-order valence-electron chi connectivity index (χ1n) is 7.54. The molecule has 0 fully saturated rings. The van der Waals surface area contributed by atoms with Gasteiger partial charge in [-0.15, -0.1) is 0 Å². The van der Waals surface area contributed by atoms with Gasteiger partial charge in [-0.1, -0.05) is 26.7 Å². The number of carbonyl (C=O) groups excluding carboxylic acids is 1. The summed E-state index contributed by atoms with van der Waals surface area (Å²) in [5.74, 6) is 0.391. The van der Waals surface area contributed by atoms with Crippen LogP contribution in [0.5, 0.6) is 0 Å². The molecule has 0 aromatic carbocycles. The Morgan fingerprint density at radius 1 is 1.45 bits per heavy atom. The van der Waals surface area contributed by atoms with Crippen molar-refractivity contribution in [3.63, 3.8) is 0 Å². The number of aromatic amines is 1. The lowest BCUT2D eigenvalue weighted by atomic mass is 9.96. The first-order valence-corrected chi connectivity index (χ1v) is 7.54. The third kappa shape index (κ3) is 4.03. The fourth-order valence-electron chi connectivity index (χ4n) is 2.30. The summed E-state index contributed by atoms with van der Waals surface area (Å²) in [6.45, 7) is 4.21. The van der Waals surface area contributed by atoms with Crippen molar-refractivity contribution in [3.05, 3.63) is 40.8 Å². The van der Waals surface area contributed by atoms with Crippen molar-refractivity contribution in [1.29, 1.82) is 0 Å². The summed E-state index contributed by atoms with van der Waals surface area (Å²) in [7, 11) is 0. The van der Waals surface area contributed by atoms with E-state index in [9.17, 15) is 9.59 Å². The van der Waals surface area contributed by atoms with Crippen molar-refractivity contribution in [2.24, 2.45) is 0 Å². The summed E-state index contributed by atoms with van der Waals surface area (Å²) in [5.41, 5.74) is 0.460. The first kappa shape index (κ1) is 15.9. The quantitative estimate of drug-likeness (QED) is 0.858. The number of hydrogen-bond acceptors (Lipinski definition) is 4. The maximum Gasteiger partial charge on any atom is 0.333 e. The minimum Gasteiger partial charge on any atom is -0.292 e. The number of nitrogens with zero attached hydrogens (tertiary/aromatic N) is 3. The highest BCUT2D eigenvalue weighted by Crippen LogP contribution is 2.23. The normalized spacial score (nSPS) is 12.1. The molecule has 0 spiro atoms. The number of unbranched alkanes of at least 4 members (excludes halogenated alkanes) is 1. The van der Waals surface area contributed by atoms with E-state index < -0.39 is 6.03 Å². The van der Waals surface area contributed by atoms with Crippen LogP contribution < -0.4 is 10.9 Å². The molecule has 0 saturated carbocycles. The molecule has 1 atom stereocenters. The van der Waals surface area contributed by atoms with Crippen molar-refractivity contribution in [2.75, 3.05) is 5.32 Å². The van der Waals surface area contributed by atoms with E-state index in [-0.39, 0.29) is 17.4 Å². The Hall–Kier alpha value is -2.44. The van der Waals surface area contributed by atoms with E-state index in [1.807, 2.05) is 0 Å². The van der Waals surface area contributed by atoms with Gasteiger partial charge in [0.1, 0.15) is 6.33 Å². The second kappa shape index (κ2) is 7.53. The summed E-state index contributed by atoms with van der Waals surface area (Å²) < 4.78 is 1.28. The Kier molecular flexibility index (Phi) is 5.46. The predicted octanol–water partition coefficient (Wildman–Crippen LogP) is 2.73. The van der Waals surface area contributed by atoms with E-state index in [1.54, 1.807) is 0 Å². The Morgan fingerprint density at radius 3 is 2.91 bits per heavy atom. The summed E-state index contributed by atoms with van der Waals surface area (Å²) in [5, 5.41) is 2.58. The van der Waals surface area contributed by atoms with Crippen LogP contribution in [-0.2, 0) is 0 Å². The zero-order chi connectivity index (χ0) is 15.9. The lowest BCUT2D eigenvalue weighted by molar-refractivity contribution is 0.253. The summed E-state index contributed by atoms with van der Waals surface area (Å²) in [6.07, 6.45) is 8.49. The highest BCUT2D eigenvalue weighted by Gasteiger charge is 2.14. The largest absolute Gasteiger partial charge is 0.333 e. The number of amides is 1. The topological polar surface area (TPSA) is 92.7 Å². The van der Waals surface area contributed by atoms with Gasteiger partial charge in [-0.25, -0.2) is 14.8 Å². The van der Waals surface area contributed by atoms with Crippen LogP contribution in [0.1, 0.15) is 51.1 Å². The standard InChI is InChI=1S/C15H21N5O2/c1-3-5-6-11(4-2)12-9-13(21)18-14(17-12)19-15(22)20-8-7-16-10-20/h7-11H,3-6H2,1-2H3,(H2,17,18,19,21,22). The number of rotatable bonds is 6. The molecule has 7 nitrogen and oxygen atoms in total. The highest BCUT2D eigenvalue weighted by molar-refractivity contribution is 5.89. The monoisotopic (exact) mass is 303 g/mol. The number of nitrogens with one attached hydrogen (secondary N) is 2. The van der Waals surface area contributed by atoms with Crippen LogP contribution in [-0.4, -0.2) is 25.6 Å². The fraction of sp³-hybridized carbons (Fsp3) is 0.467. The molecule has 0 aliphatic carbocycles. The molecule has 2 aromatic rings. The number of imidazole rings is 1. The lowest BCUT2D eigenvalue weighted by Gasteiger charge is -2.14. The molecule has 2 N–H and O–H groups in total. The minimum absolute atomic E-state index is 0.163. The van der Waals surface area contributed by atoms with E-state index in [0.29, 0.717) is 0 Å². The van der Waals surface area contributed by atoms with E-state index >= 15 is 0 Å². The van der Waals surface area contributed by atoms with Crippen molar-refractivity contribution in [2.45, 2.75) is 45.4 Å². The zero-order valence-electron chi connectivity index (χ0n) is 12.9. The Morgan fingerprint density at radius 2 is 2.27 bits per heavy atom. The lowest BCUT2D eigenvalue weighted by Crippen LogP contribution is -2.23. The van der Waals surface area contributed by atoms with Gasteiger partial charge in [0.15, 0.2) is 0 Å². The second-order valence-corrected chi connectivity index (χ2v) is 5.17. The van der Waals surface area contributed by atoms with Crippen LogP contribution >= 0.6 is 0 Å². The number of anilines is 1. The maximum absolute atomic E-state index is 12.0. The van der Waals surface area contributed by atoms with Gasteiger partial charge >= 0.3 is 6.03 Å².